The van der Waals surface area contributed by atoms with E-state index < -0.39 is 21.8 Å². The highest BCUT2D eigenvalue weighted by atomic mass is 35.5. The first-order chi connectivity index (χ1) is 11.3. The number of hydrogen-bond acceptors (Lipinski definition) is 6. The van der Waals surface area contributed by atoms with Crippen LogP contribution >= 0.6 is 11.6 Å². The number of benzene rings is 1. The highest BCUT2D eigenvalue weighted by Gasteiger charge is 2.18. The lowest BCUT2D eigenvalue weighted by Crippen LogP contribution is -2.35. The summed E-state index contributed by atoms with van der Waals surface area (Å²) in [6, 6.07) is 7.06. The van der Waals surface area contributed by atoms with Gasteiger partial charge in [-0.1, -0.05) is 29.8 Å². The van der Waals surface area contributed by atoms with Gasteiger partial charge < -0.3 is 4.74 Å². The highest BCUT2D eigenvalue weighted by molar-refractivity contribution is 7.89. The van der Waals surface area contributed by atoms with Crippen molar-refractivity contribution >= 4 is 33.6 Å². The number of rotatable bonds is 5. The topological polar surface area (TPSA) is 110 Å². The standard InChI is InChI=1S/C14H15ClN4O4S/c1-9-7-12(23-2)17-13(16-9)18-14(20)19-24(21,22)8-10-5-3-4-6-11(10)15/h3-7H,8H2,1-2H3,(H2,16,17,18,19,20). The van der Waals surface area contributed by atoms with Gasteiger partial charge in [-0.2, -0.15) is 4.98 Å². The van der Waals surface area contributed by atoms with Gasteiger partial charge in [0, 0.05) is 16.8 Å². The van der Waals surface area contributed by atoms with E-state index >= 15 is 0 Å². The zero-order chi connectivity index (χ0) is 17.7. The Bertz CT molecular complexity index is 858. The fourth-order valence-corrected chi connectivity index (χ4v) is 3.17. The number of carbonyl (C=O) groups excluding carboxylic acids is 1. The van der Waals surface area contributed by atoms with Crippen molar-refractivity contribution < 1.29 is 17.9 Å². The molecule has 1 aromatic carbocycles. The predicted molar refractivity (Wildman–Crippen MR) is 89.6 cm³/mol. The Hall–Kier alpha value is -2.39. The van der Waals surface area contributed by atoms with Crippen molar-refractivity contribution in [2.75, 3.05) is 12.4 Å². The van der Waals surface area contributed by atoms with Crippen LogP contribution in [0.4, 0.5) is 10.7 Å². The van der Waals surface area contributed by atoms with Crippen molar-refractivity contribution in [1.82, 2.24) is 14.7 Å². The molecule has 2 aromatic rings. The molecular weight excluding hydrogens is 356 g/mol. The molecule has 0 radical (unpaired) electrons. The van der Waals surface area contributed by atoms with E-state index in [1.54, 1.807) is 37.3 Å². The molecule has 24 heavy (non-hydrogen) atoms. The lowest BCUT2D eigenvalue weighted by molar-refractivity contribution is 0.256. The summed E-state index contributed by atoms with van der Waals surface area (Å²) in [7, 11) is -2.52. The van der Waals surface area contributed by atoms with Crippen molar-refractivity contribution in [2.24, 2.45) is 0 Å². The molecule has 0 spiro atoms. The maximum absolute atomic E-state index is 12.0. The van der Waals surface area contributed by atoms with Crippen LogP contribution in [0.25, 0.3) is 0 Å². The Balaban J connectivity index is 2.06. The molecule has 0 aliphatic carbocycles. The number of aromatic nitrogens is 2. The summed E-state index contributed by atoms with van der Waals surface area (Å²) >= 11 is 5.92. The van der Waals surface area contributed by atoms with E-state index in [0.29, 0.717) is 16.3 Å². The van der Waals surface area contributed by atoms with E-state index in [2.05, 4.69) is 15.3 Å². The number of aryl methyl sites for hydroxylation is 1. The summed E-state index contributed by atoms with van der Waals surface area (Å²) in [4.78, 5) is 19.7. The molecule has 8 nitrogen and oxygen atoms in total. The van der Waals surface area contributed by atoms with Crippen LogP contribution in [0.5, 0.6) is 5.88 Å². The van der Waals surface area contributed by atoms with E-state index in [-0.39, 0.29) is 11.8 Å². The Morgan fingerprint density at radius 2 is 2.00 bits per heavy atom. The molecule has 2 rings (SSSR count). The van der Waals surface area contributed by atoms with E-state index in [9.17, 15) is 13.2 Å². The van der Waals surface area contributed by atoms with E-state index in [1.165, 1.54) is 7.11 Å². The van der Waals surface area contributed by atoms with Gasteiger partial charge in [-0.15, -0.1) is 0 Å². The molecule has 1 aromatic heterocycles. The van der Waals surface area contributed by atoms with Crippen LogP contribution in [0.15, 0.2) is 30.3 Å². The molecular formula is C14H15ClN4O4S. The summed E-state index contributed by atoms with van der Waals surface area (Å²) in [5, 5.41) is 2.55. The van der Waals surface area contributed by atoms with Gasteiger partial charge in [-0.3, -0.25) is 5.32 Å². The van der Waals surface area contributed by atoms with Crippen molar-refractivity contribution in [1.29, 1.82) is 0 Å². The molecule has 0 unspecified atom stereocenters. The third kappa shape index (κ3) is 5.07. The second-order valence-corrected chi connectivity index (χ2v) is 6.91. The predicted octanol–water partition coefficient (Wildman–Crippen LogP) is 2.10. The van der Waals surface area contributed by atoms with Gasteiger partial charge in [-0.05, 0) is 18.6 Å². The molecule has 0 aliphatic rings. The SMILES string of the molecule is COc1cc(C)nc(NC(=O)NS(=O)(=O)Cc2ccccc2Cl)n1. The first kappa shape index (κ1) is 18.0. The van der Waals surface area contributed by atoms with Crippen LogP contribution in [0.3, 0.4) is 0 Å². The maximum atomic E-state index is 12.0. The summed E-state index contributed by atoms with van der Waals surface area (Å²) in [5.74, 6) is -0.257. The van der Waals surface area contributed by atoms with E-state index in [1.807, 2.05) is 4.72 Å². The van der Waals surface area contributed by atoms with Crippen LogP contribution in [0.1, 0.15) is 11.3 Å². The molecule has 2 N–H and O–H groups in total. The van der Waals surface area contributed by atoms with Gasteiger partial charge in [0.25, 0.3) is 0 Å². The smallest absolute Gasteiger partial charge is 0.335 e. The number of nitrogens with one attached hydrogen (secondary N) is 2. The number of methoxy groups -OCH3 is 1. The third-order valence-corrected chi connectivity index (χ3v) is 4.37. The lowest BCUT2D eigenvalue weighted by atomic mass is 10.2. The van der Waals surface area contributed by atoms with Crippen molar-refractivity contribution in [3.05, 3.63) is 46.6 Å². The number of amides is 2. The summed E-state index contributed by atoms with van der Waals surface area (Å²) in [6.07, 6.45) is 0. The van der Waals surface area contributed by atoms with Crippen LogP contribution in [0.2, 0.25) is 5.02 Å². The minimum Gasteiger partial charge on any atom is -0.481 e. The van der Waals surface area contributed by atoms with Crippen molar-refractivity contribution in [3.63, 3.8) is 0 Å². The molecule has 10 heteroatoms. The van der Waals surface area contributed by atoms with Gasteiger partial charge in [0.15, 0.2) is 0 Å². The van der Waals surface area contributed by atoms with Crippen LogP contribution in [-0.2, 0) is 15.8 Å². The number of nitrogens with zero attached hydrogens (tertiary/aromatic N) is 2. The van der Waals surface area contributed by atoms with Crippen molar-refractivity contribution in [3.8, 4) is 5.88 Å². The fraction of sp³-hybridized carbons (Fsp3) is 0.214. The van der Waals surface area contributed by atoms with Crippen LogP contribution in [-0.4, -0.2) is 31.5 Å². The molecule has 0 saturated carbocycles. The van der Waals surface area contributed by atoms with E-state index in [0.717, 1.165) is 0 Å². The summed E-state index contributed by atoms with van der Waals surface area (Å²) in [6.45, 7) is 1.68. The third-order valence-electron chi connectivity index (χ3n) is 2.82. The Labute approximate surface area is 144 Å². The first-order valence-electron chi connectivity index (χ1n) is 6.73. The number of urea groups is 1. The fourth-order valence-electron chi connectivity index (χ4n) is 1.82. The summed E-state index contributed by atoms with van der Waals surface area (Å²) in [5.41, 5.74) is 0.934. The monoisotopic (exact) mass is 370 g/mol. The minimum atomic E-state index is -3.94. The first-order valence-corrected chi connectivity index (χ1v) is 8.76. The molecule has 0 bridgehead atoms. The molecule has 0 atom stereocenters. The maximum Gasteiger partial charge on any atom is 0.335 e. The zero-order valence-corrected chi connectivity index (χ0v) is 14.5. The van der Waals surface area contributed by atoms with E-state index in [4.69, 9.17) is 16.3 Å². The van der Waals surface area contributed by atoms with Gasteiger partial charge in [0.05, 0.1) is 12.9 Å². The number of ether oxygens (including phenoxy) is 1. The highest BCUT2D eigenvalue weighted by Crippen LogP contribution is 2.17. The molecule has 0 saturated heterocycles. The molecule has 0 fully saturated rings. The largest absolute Gasteiger partial charge is 0.481 e. The average molecular weight is 371 g/mol. The Kier molecular flexibility index (Phi) is 5.58. The van der Waals surface area contributed by atoms with Gasteiger partial charge in [0.1, 0.15) is 0 Å². The molecule has 2 amide bonds. The van der Waals surface area contributed by atoms with Crippen molar-refractivity contribution in [2.45, 2.75) is 12.7 Å². The molecule has 128 valence electrons. The van der Waals surface area contributed by atoms with Gasteiger partial charge >= 0.3 is 6.03 Å². The lowest BCUT2D eigenvalue weighted by Gasteiger charge is -2.09. The average Bonchev–Trinajstić information content (AvgIpc) is 2.48. The number of anilines is 1. The van der Waals surface area contributed by atoms with Gasteiger partial charge in [0.2, 0.25) is 21.9 Å². The quantitative estimate of drug-likeness (QED) is 0.833. The number of hydrogen-bond donors (Lipinski definition) is 2. The number of sulfonamides is 1. The molecule has 0 aliphatic heterocycles. The Morgan fingerprint density at radius 1 is 1.29 bits per heavy atom. The minimum absolute atomic E-state index is 0.0720. The number of carbonyl (C=O) groups is 1. The zero-order valence-electron chi connectivity index (χ0n) is 12.9. The molecule has 1 heterocycles. The number of halogens is 1. The second kappa shape index (κ2) is 7.45. The normalized spacial score (nSPS) is 11.0. The van der Waals surface area contributed by atoms with Crippen LogP contribution in [0, 0.1) is 6.92 Å². The Morgan fingerprint density at radius 3 is 2.67 bits per heavy atom. The summed E-state index contributed by atoms with van der Waals surface area (Å²) < 4.78 is 30.9. The second-order valence-electron chi connectivity index (χ2n) is 4.78. The van der Waals surface area contributed by atoms with Crippen LogP contribution < -0.4 is 14.8 Å². The van der Waals surface area contributed by atoms with Gasteiger partial charge in [-0.25, -0.2) is 22.9 Å².